The number of aromatic nitrogens is 4. The summed E-state index contributed by atoms with van der Waals surface area (Å²) in [7, 11) is 0. The number of thiazole rings is 1. The van der Waals surface area contributed by atoms with Crippen molar-refractivity contribution in [2.75, 3.05) is 0 Å². The molecule has 3 heterocycles. The first-order valence-electron chi connectivity index (χ1n) is 7.98. The van der Waals surface area contributed by atoms with Gasteiger partial charge in [-0.05, 0) is 29.8 Å². The van der Waals surface area contributed by atoms with E-state index in [1.165, 1.54) is 17.7 Å². The van der Waals surface area contributed by atoms with E-state index in [9.17, 15) is 4.39 Å². The van der Waals surface area contributed by atoms with Gasteiger partial charge in [-0.2, -0.15) is 5.10 Å². The van der Waals surface area contributed by atoms with Crippen LogP contribution in [0, 0.1) is 5.82 Å². The summed E-state index contributed by atoms with van der Waals surface area (Å²) in [5, 5.41) is 7.56. The van der Waals surface area contributed by atoms with E-state index in [2.05, 4.69) is 27.2 Å². The second-order valence-electron chi connectivity index (χ2n) is 5.98. The molecule has 5 rings (SSSR count). The molecule has 0 atom stereocenters. The molecule has 0 N–H and O–H groups in total. The molecule has 1 aliphatic heterocycles. The molecule has 4 nitrogen and oxygen atoms in total. The van der Waals surface area contributed by atoms with Gasteiger partial charge in [0.2, 0.25) is 0 Å². The monoisotopic (exact) mass is 348 g/mol. The van der Waals surface area contributed by atoms with E-state index in [0.717, 1.165) is 40.0 Å². The summed E-state index contributed by atoms with van der Waals surface area (Å²) in [6.45, 7) is 0.775. The summed E-state index contributed by atoms with van der Waals surface area (Å²) in [6, 6.07) is 14.7. The summed E-state index contributed by atoms with van der Waals surface area (Å²) < 4.78 is 15.0. The molecule has 2 aromatic carbocycles. The fourth-order valence-electron chi connectivity index (χ4n) is 3.09. The number of fused-ring (bicyclic) bond motifs is 3. The Balaban J connectivity index is 1.40. The Morgan fingerprint density at radius 3 is 2.76 bits per heavy atom. The van der Waals surface area contributed by atoms with Crippen LogP contribution in [-0.2, 0) is 13.0 Å². The highest BCUT2D eigenvalue weighted by molar-refractivity contribution is 7.10. The molecule has 0 aliphatic carbocycles. The molecule has 25 heavy (non-hydrogen) atoms. The van der Waals surface area contributed by atoms with Crippen molar-refractivity contribution in [1.29, 1.82) is 0 Å². The van der Waals surface area contributed by atoms with Gasteiger partial charge in [0, 0.05) is 16.5 Å². The van der Waals surface area contributed by atoms with Crippen LogP contribution >= 0.6 is 11.3 Å². The van der Waals surface area contributed by atoms with E-state index in [1.54, 1.807) is 23.5 Å². The Morgan fingerprint density at radius 1 is 1.04 bits per heavy atom. The topological polar surface area (TPSA) is 43.6 Å². The minimum atomic E-state index is -0.240. The van der Waals surface area contributed by atoms with Gasteiger partial charge in [-0.3, -0.25) is 0 Å². The minimum absolute atomic E-state index is 0.240. The zero-order valence-corrected chi connectivity index (χ0v) is 14.0. The molecule has 0 radical (unpaired) electrons. The zero-order valence-electron chi connectivity index (χ0n) is 13.2. The highest BCUT2D eigenvalue weighted by Crippen LogP contribution is 2.30. The van der Waals surface area contributed by atoms with Crippen LogP contribution in [-0.4, -0.2) is 19.7 Å². The lowest BCUT2D eigenvalue weighted by molar-refractivity contribution is 0.628. The molecule has 0 amide bonds. The lowest BCUT2D eigenvalue weighted by atomic mass is 10.1. The molecule has 0 unspecified atom stereocenters. The molecule has 0 saturated heterocycles. The number of hydrogen-bond donors (Lipinski definition) is 0. The molecule has 0 spiro atoms. The van der Waals surface area contributed by atoms with E-state index in [0.29, 0.717) is 6.42 Å². The number of halogens is 1. The number of rotatable bonds is 3. The molecule has 0 saturated carbocycles. The second kappa shape index (κ2) is 5.60. The van der Waals surface area contributed by atoms with E-state index < -0.39 is 0 Å². The molecule has 2 aromatic heterocycles. The van der Waals surface area contributed by atoms with Crippen LogP contribution < -0.4 is 0 Å². The van der Waals surface area contributed by atoms with E-state index >= 15 is 0 Å². The summed E-state index contributed by atoms with van der Waals surface area (Å²) in [6.07, 6.45) is 0.605. The average Bonchev–Trinajstić information content (AvgIpc) is 3.30. The van der Waals surface area contributed by atoms with Crippen molar-refractivity contribution in [3.05, 3.63) is 76.1 Å². The van der Waals surface area contributed by atoms with E-state index in [1.807, 2.05) is 22.2 Å². The van der Waals surface area contributed by atoms with Crippen molar-refractivity contribution in [1.82, 2.24) is 19.7 Å². The van der Waals surface area contributed by atoms with Crippen LogP contribution in [0.15, 0.2) is 53.9 Å². The summed E-state index contributed by atoms with van der Waals surface area (Å²) in [4.78, 5) is 9.33. The number of hydrogen-bond acceptors (Lipinski definition) is 4. The van der Waals surface area contributed by atoms with Crippen LogP contribution in [0.1, 0.15) is 16.4 Å². The zero-order chi connectivity index (χ0) is 16.8. The smallest absolute Gasteiger partial charge is 0.159 e. The lowest BCUT2D eigenvalue weighted by Crippen LogP contribution is -1.98. The van der Waals surface area contributed by atoms with Crippen molar-refractivity contribution in [2.45, 2.75) is 13.0 Å². The molecule has 4 aromatic rings. The Labute approximate surface area is 147 Å². The first-order valence-corrected chi connectivity index (χ1v) is 8.86. The minimum Gasteiger partial charge on any atom is -0.241 e. The van der Waals surface area contributed by atoms with Crippen LogP contribution in [0.3, 0.4) is 0 Å². The van der Waals surface area contributed by atoms with Crippen LogP contribution in [0.4, 0.5) is 4.39 Å². The Morgan fingerprint density at radius 2 is 1.88 bits per heavy atom. The Kier molecular flexibility index (Phi) is 3.24. The molecule has 1 aliphatic rings. The van der Waals surface area contributed by atoms with Gasteiger partial charge in [0.1, 0.15) is 10.8 Å². The summed E-state index contributed by atoms with van der Waals surface area (Å²) >= 11 is 1.58. The highest BCUT2D eigenvalue weighted by Gasteiger charge is 2.22. The van der Waals surface area contributed by atoms with Gasteiger partial charge in [-0.15, -0.1) is 11.3 Å². The fraction of sp³-hybridized carbons (Fsp3) is 0.105. The molecule has 0 fully saturated rings. The number of nitrogens with zero attached hydrogens (tertiary/aromatic N) is 4. The van der Waals surface area contributed by atoms with E-state index in [-0.39, 0.29) is 5.82 Å². The third kappa shape index (κ3) is 2.55. The van der Waals surface area contributed by atoms with Crippen LogP contribution in [0.5, 0.6) is 0 Å². The van der Waals surface area contributed by atoms with Gasteiger partial charge in [0.25, 0.3) is 0 Å². The van der Waals surface area contributed by atoms with Crippen molar-refractivity contribution in [2.24, 2.45) is 0 Å². The average molecular weight is 348 g/mol. The maximum atomic E-state index is 13.0. The van der Waals surface area contributed by atoms with Crippen molar-refractivity contribution in [3.63, 3.8) is 0 Å². The standard InChI is InChI=1S/C19H13FN4S/c20-14-7-5-12(6-8-14)16-11-25-18(21-16)9-17-22-19-15-4-2-1-3-13(15)10-24(19)23-17/h1-8,11H,9-10H2. The third-order valence-electron chi connectivity index (χ3n) is 4.30. The largest absolute Gasteiger partial charge is 0.241 e. The maximum Gasteiger partial charge on any atom is 0.159 e. The van der Waals surface area contributed by atoms with Gasteiger partial charge in [-0.25, -0.2) is 19.0 Å². The van der Waals surface area contributed by atoms with Gasteiger partial charge < -0.3 is 0 Å². The summed E-state index contributed by atoms with van der Waals surface area (Å²) in [5.41, 5.74) is 4.19. The Hall–Kier alpha value is -2.86. The van der Waals surface area contributed by atoms with Crippen LogP contribution in [0.25, 0.3) is 22.6 Å². The first-order chi connectivity index (χ1) is 12.3. The number of benzene rings is 2. The van der Waals surface area contributed by atoms with Gasteiger partial charge in [0.05, 0.1) is 18.7 Å². The SMILES string of the molecule is Fc1ccc(-c2csc(Cc3nc4n(n3)Cc3ccccc3-4)n2)cc1. The third-order valence-corrected chi connectivity index (χ3v) is 5.14. The quantitative estimate of drug-likeness (QED) is 0.492. The first kappa shape index (κ1) is 14.5. The van der Waals surface area contributed by atoms with E-state index in [4.69, 9.17) is 0 Å². The van der Waals surface area contributed by atoms with Crippen molar-refractivity contribution < 1.29 is 4.39 Å². The lowest BCUT2D eigenvalue weighted by Gasteiger charge is -1.97. The summed E-state index contributed by atoms with van der Waals surface area (Å²) in [5.74, 6) is 1.47. The highest BCUT2D eigenvalue weighted by atomic mass is 32.1. The maximum absolute atomic E-state index is 13.0. The predicted molar refractivity (Wildman–Crippen MR) is 94.9 cm³/mol. The van der Waals surface area contributed by atoms with Gasteiger partial charge in [-0.1, -0.05) is 24.3 Å². The fourth-order valence-corrected chi connectivity index (χ4v) is 3.89. The molecule has 6 heteroatoms. The normalized spacial score (nSPS) is 12.2. The van der Waals surface area contributed by atoms with Crippen molar-refractivity contribution >= 4 is 11.3 Å². The van der Waals surface area contributed by atoms with Crippen LogP contribution in [0.2, 0.25) is 0 Å². The van der Waals surface area contributed by atoms with Gasteiger partial charge in [0.15, 0.2) is 11.6 Å². The predicted octanol–water partition coefficient (Wildman–Crippen LogP) is 4.16. The molecule has 122 valence electrons. The molecular weight excluding hydrogens is 335 g/mol. The molecule has 0 bridgehead atoms. The van der Waals surface area contributed by atoms with Gasteiger partial charge >= 0.3 is 0 Å². The molecular formula is C19H13FN4S. The second-order valence-corrected chi connectivity index (χ2v) is 6.92. The Bertz CT molecular complexity index is 1070. The van der Waals surface area contributed by atoms with Crippen molar-refractivity contribution in [3.8, 4) is 22.6 Å².